The number of nitrogen functional groups attached to an aromatic ring is 1. The van der Waals surface area contributed by atoms with Gasteiger partial charge in [-0.3, -0.25) is 0 Å². The molecular weight excluding hydrogens is 221 g/mol. The van der Waals surface area contributed by atoms with Crippen LogP contribution in [0.4, 0.5) is 5.69 Å². The van der Waals surface area contributed by atoms with Crippen LogP contribution in [-0.4, -0.2) is 5.11 Å². The van der Waals surface area contributed by atoms with Crippen LogP contribution in [0.15, 0.2) is 24.3 Å². The van der Waals surface area contributed by atoms with E-state index in [1.807, 2.05) is 0 Å². The van der Waals surface area contributed by atoms with Crippen LogP contribution >= 0.6 is 23.2 Å². The van der Waals surface area contributed by atoms with Crippen molar-refractivity contribution in [1.82, 2.24) is 0 Å². The first-order valence-electron chi connectivity index (χ1n) is 3.96. The van der Waals surface area contributed by atoms with Gasteiger partial charge in [-0.1, -0.05) is 23.2 Å². The molecule has 0 fully saturated rings. The SMILES string of the molecule is Nc1ccc2c(O)c(Cl)cc(Cl)c2c1. The van der Waals surface area contributed by atoms with Gasteiger partial charge in [0.25, 0.3) is 0 Å². The maximum absolute atomic E-state index is 9.64. The minimum Gasteiger partial charge on any atom is -0.506 e. The average molecular weight is 228 g/mol. The van der Waals surface area contributed by atoms with Crippen LogP contribution in [0.1, 0.15) is 0 Å². The molecule has 0 aliphatic carbocycles. The molecule has 0 aliphatic rings. The zero-order chi connectivity index (χ0) is 10.3. The van der Waals surface area contributed by atoms with Crippen LogP contribution in [-0.2, 0) is 0 Å². The summed E-state index contributed by atoms with van der Waals surface area (Å²) in [5.41, 5.74) is 6.21. The molecule has 0 spiro atoms. The van der Waals surface area contributed by atoms with Gasteiger partial charge >= 0.3 is 0 Å². The predicted molar refractivity (Wildman–Crippen MR) is 60.0 cm³/mol. The lowest BCUT2D eigenvalue weighted by molar-refractivity contribution is 0.482. The Bertz CT molecular complexity index is 511. The molecule has 2 aromatic carbocycles. The van der Waals surface area contributed by atoms with Gasteiger partial charge in [0.2, 0.25) is 0 Å². The number of aromatic hydroxyl groups is 1. The quantitative estimate of drug-likeness (QED) is 0.678. The van der Waals surface area contributed by atoms with Gasteiger partial charge in [-0.25, -0.2) is 0 Å². The van der Waals surface area contributed by atoms with Gasteiger partial charge in [-0.15, -0.1) is 0 Å². The van der Waals surface area contributed by atoms with E-state index in [0.717, 1.165) is 0 Å². The zero-order valence-electron chi connectivity index (χ0n) is 7.09. The van der Waals surface area contributed by atoms with Crippen LogP contribution in [0, 0.1) is 0 Å². The van der Waals surface area contributed by atoms with Crippen LogP contribution in [0.5, 0.6) is 5.75 Å². The molecule has 0 atom stereocenters. The second-order valence-electron chi connectivity index (χ2n) is 2.99. The second kappa shape index (κ2) is 3.23. The monoisotopic (exact) mass is 227 g/mol. The van der Waals surface area contributed by atoms with E-state index in [9.17, 15) is 5.11 Å². The van der Waals surface area contributed by atoms with E-state index in [1.54, 1.807) is 18.2 Å². The molecule has 72 valence electrons. The standard InChI is InChI=1S/C10H7Cl2NO/c11-8-4-9(12)10(14)6-2-1-5(13)3-7(6)8/h1-4,14H,13H2. The average Bonchev–Trinajstić information content (AvgIpc) is 2.14. The normalized spacial score (nSPS) is 10.7. The Morgan fingerprint density at radius 3 is 2.43 bits per heavy atom. The highest BCUT2D eigenvalue weighted by Crippen LogP contribution is 2.37. The second-order valence-corrected chi connectivity index (χ2v) is 3.81. The fourth-order valence-corrected chi connectivity index (χ4v) is 1.88. The first-order valence-corrected chi connectivity index (χ1v) is 4.71. The number of hydrogen-bond donors (Lipinski definition) is 2. The molecule has 0 radical (unpaired) electrons. The molecule has 4 heteroatoms. The van der Waals surface area contributed by atoms with Crippen LogP contribution in [0.2, 0.25) is 10.0 Å². The first kappa shape index (κ1) is 9.44. The molecule has 0 amide bonds. The van der Waals surface area contributed by atoms with Crippen molar-refractivity contribution in [3.05, 3.63) is 34.3 Å². The largest absolute Gasteiger partial charge is 0.506 e. The smallest absolute Gasteiger partial charge is 0.142 e. The summed E-state index contributed by atoms with van der Waals surface area (Å²) >= 11 is 11.7. The third-order valence-corrected chi connectivity index (χ3v) is 2.64. The number of phenolic OH excluding ortho intramolecular Hbond substituents is 1. The van der Waals surface area contributed by atoms with Crippen molar-refractivity contribution in [3.8, 4) is 5.75 Å². The summed E-state index contributed by atoms with van der Waals surface area (Å²) in [5.74, 6) is 0.0334. The van der Waals surface area contributed by atoms with Crippen LogP contribution < -0.4 is 5.73 Å². The molecule has 3 N–H and O–H groups in total. The van der Waals surface area contributed by atoms with E-state index in [1.165, 1.54) is 6.07 Å². The summed E-state index contributed by atoms with van der Waals surface area (Å²) < 4.78 is 0. The van der Waals surface area contributed by atoms with Gasteiger partial charge in [0.15, 0.2) is 0 Å². The van der Waals surface area contributed by atoms with E-state index < -0.39 is 0 Å². The minimum absolute atomic E-state index is 0.0334. The molecule has 2 aromatic rings. The number of anilines is 1. The Balaban J connectivity index is 2.94. The number of rotatable bonds is 0. The molecule has 0 saturated heterocycles. The number of hydrogen-bond acceptors (Lipinski definition) is 2. The fourth-order valence-electron chi connectivity index (χ4n) is 1.35. The van der Waals surface area contributed by atoms with Crippen molar-refractivity contribution in [2.24, 2.45) is 0 Å². The van der Waals surface area contributed by atoms with Gasteiger partial charge in [-0.05, 0) is 24.3 Å². The highest BCUT2D eigenvalue weighted by Gasteiger charge is 2.08. The number of nitrogens with two attached hydrogens (primary N) is 1. The Morgan fingerprint density at radius 1 is 1.00 bits per heavy atom. The Labute approximate surface area is 90.9 Å². The molecule has 0 heterocycles. The van der Waals surface area contributed by atoms with Gasteiger partial charge in [0.05, 0.1) is 10.0 Å². The lowest BCUT2D eigenvalue weighted by Gasteiger charge is -2.05. The fraction of sp³-hybridized carbons (Fsp3) is 0. The number of fused-ring (bicyclic) bond motifs is 1. The number of halogens is 2. The molecule has 14 heavy (non-hydrogen) atoms. The van der Waals surface area contributed by atoms with Crippen LogP contribution in [0.3, 0.4) is 0 Å². The summed E-state index contributed by atoms with van der Waals surface area (Å²) in [6, 6.07) is 6.58. The lowest BCUT2D eigenvalue weighted by atomic mass is 10.1. The number of phenols is 1. The van der Waals surface area contributed by atoms with Crippen molar-refractivity contribution >= 4 is 39.7 Å². The van der Waals surface area contributed by atoms with E-state index in [0.29, 0.717) is 21.5 Å². The van der Waals surface area contributed by atoms with Gasteiger partial charge < -0.3 is 10.8 Å². The summed E-state index contributed by atoms with van der Waals surface area (Å²) in [6.07, 6.45) is 0. The highest BCUT2D eigenvalue weighted by molar-refractivity contribution is 6.40. The summed E-state index contributed by atoms with van der Waals surface area (Å²) in [7, 11) is 0. The molecule has 2 rings (SSSR count). The van der Waals surface area contributed by atoms with Gasteiger partial charge in [-0.2, -0.15) is 0 Å². The van der Waals surface area contributed by atoms with Crippen molar-refractivity contribution in [1.29, 1.82) is 0 Å². The Kier molecular flexibility index (Phi) is 2.17. The van der Waals surface area contributed by atoms with Gasteiger partial charge in [0, 0.05) is 16.5 Å². The van der Waals surface area contributed by atoms with Gasteiger partial charge in [0.1, 0.15) is 5.75 Å². The molecule has 0 bridgehead atoms. The highest BCUT2D eigenvalue weighted by atomic mass is 35.5. The van der Waals surface area contributed by atoms with E-state index in [2.05, 4.69) is 0 Å². The topological polar surface area (TPSA) is 46.2 Å². The van der Waals surface area contributed by atoms with Crippen molar-refractivity contribution < 1.29 is 5.11 Å². The maximum atomic E-state index is 9.64. The first-order chi connectivity index (χ1) is 6.59. The Morgan fingerprint density at radius 2 is 1.71 bits per heavy atom. The minimum atomic E-state index is 0.0334. The van der Waals surface area contributed by atoms with Crippen molar-refractivity contribution in [2.75, 3.05) is 5.73 Å². The Hall–Kier alpha value is -1.12. The summed E-state index contributed by atoms with van der Waals surface area (Å²) in [4.78, 5) is 0. The molecule has 0 aromatic heterocycles. The zero-order valence-corrected chi connectivity index (χ0v) is 8.60. The van der Waals surface area contributed by atoms with E-state index >= 15 is 0 Å². The molecule has 0 saturated carbocycles. The summed E-state index contributed by atoms with van der Waals surface area (Å²) in [6.45, 7) is 0. The third-order valence-electron chi connectivity index (χ3n) is 2.04. The van der Waals surface area contributed by atoms with E-state index in [4.69, 9.17) is 28.9 Å². The molecule has 0 unspecified atom stereocenters. The summed E-state index contributed by atoms with van der Waals surface area (Å²) in [5, 5.41) is 11.7. The number of benzene rings is 2. The molecular formula is C10H7Cl2NO. The molecule has 0 aliphatic heterocycles. The van der Waals surface area contributed by atoms with Crippen molar-refractivity contribution in [2.45, 2.75) is 0 Å². The third kappa shape index (κ3) is 1.37. The van der Waals surface area contributed by atoms with Crippen LogP contribution in [0.25, 0.3) is 10.8 Å². The predicted octanol–water partition coefficient (Wildman–Crippen LogP) is 3.43. The lowest BCUT2D eigenvalue weighted by Crippen LogP contribution is -1.85. The molecule has 2 nitrogen and oxygen atoms in total. The maximum Gasteiger partial charge on any atom is 0.142 e. The van der Waals surface area contributed by atoms with Crippen molar-refractivity contribution in [3.63, 3.8) is 0 Å². The van der Waals surface area contributed by atoms with E-state index in [-0.39, 0.29) is 10.8 Å².